The average Bonchev–Trinajstić information content (AvgIpc) is 2.48. The van der Waals surface area contributed by atoms with Crippen molar-refractivity contribution < 1.29 is 13.2 Å². The van der Waals surface area contributed by atoms with Crippen molar-refractivity contribution in [2.24, 2.45) is 4.99 Å². The molecule has 0 spiro atoms. The van der Waals surface area contributed by atoms with Gasteiger partial charge < -0.3 is 15.4 Å². The Morgan fingerprint density at radius 3 is 2.62 bits per heavy atom. The molecule has 136 valence electrons. The van der Waals surface area contributed by atoms with Gasteiger partial charge in [-0.2, -0.15) is 0 Å². The third-order valence-electron chi connectivity index (χ3n) is 2.90. The van der Waals surface area contributed by atoms with Crippen LogP contribution in [0, 0.1) is 0 Å². The van der Waals surface area contributed by atoms with Gasteiger partial charge in [0.25, 0.3) is 0 Å². The first-order valence-electron chi connectivity index (χ1n) is 7.53. The summed E-state index contributed by atoms with van der Waals surface area (Å²) in [6.45, 7) is 4.20. The van der Waals surface area contributed by atoms with Crippen LogP contribution in [0.2, 0.25) is 10.0 Å². The molecule has 6 nitrogen and oxygen atoms in total. The number of ether oxygens (including phenoxy) is 1. The fraction of sp³-hybridized carbons (Fsp3) is 0.533. The van der Waals surface area contributed by atoms with Gasteiger partial charge in [-0.1, -0.05) is 29.3 Å². The average molecular weight is 396 g/mol. The lowest BCUT2D eigenvalue weighted by Crippen LogP contribution is -2.39. The molecule has 1 rings (SSSR count). The second kappa shape index (κ2) is 10.8. The molecule has 2 N–H and O–H groups in total. The van der Waals surface area contributed by atoms with Crippen molar-refractivity contribution in [2.45, 2.75) is 13.5 Å². The number of guanidine groups is 1. The molecule has 1 aromatic carbocycles. The molecular formula is C15H23Cl2N3O3S. The third-order valence-corrected chi connectivity index (χ3v) is 4.40. The monoisotopic (exact) mass is 395 g/mol. The number of benzene rings is 1. The van der Waals surface area contributed by atoms with E-state index in [-0.39, 0.29) is 12.4 Å². The molecule has 0 radical (unpaired) electrons. The number of hydrogen-bond acceptors (Lipinski definition) is 4. The van der Waals surface area contributed by atoms with Crippen LogP contribution in [-0.4, -0.2) is 52.7 Å². The first kappa shape index (κ1) is 21.0. The largest absolute Gasteiger partial charge is 0.379 e. The summed E-state index contributed by atoms with van der Waals surface area (Å²) in [6, 6.07) is 5.30. The minimum Gasteiger partial charge on any atom is -0.379 e. The van der Waals surface area contributed by atoms with E-state index in [1.807, 2.05) is 13.0 Å². The van der Waals surface area contributed by atoms with E-state index in [1.54, 1.807) is 12.1 Å². The van der Waals surface area contributed by atoms with Crippen LogP contribution in [0.15, 0.2) is 23.2 Å². The molecular weight excluding hydrogens is 373 g/mol. The molecule has 0 heterocycles. The standard InChI is InChI=1S/C15H23Cl2N3O3S/c1-3-18-15(19-6-7-23-8-9-24(2,21)22)20-11-12-4-5-13(16)10-14(12)17/h4-5,10H,3,6-9,11H2,1-2H3,(H2,18,19,20). The predicted octanol–water partition coefficient (Wildman–Crippen LogP) is 2.11. The fourth-order valence-corrected chi connectivity index (χ4v) is 2.60. The zero-order valence-electron chi connectivity index (χ0n) is 13.8. The van der Waals surface area contributed by atoms with Crippen LogP contribution in [0.25, 0.3) is 0 Å². The number of hydrogen-bond donors (Lipinski definition) is 2. The Morgan fingerprint density at radius 2 is 2.00 bits per heavy atom. The van der Waals surface area contributed by atoms with Crippen molar-refractivity contribution in [1.82, 2.24) is 10.6 Å². The van der Waals surface area contributed by atoms with Crippen LogP contribution in [0.4, 0.5) is 0 Å². The molecule has 24 heavy (non-hydrogen) atoms. The maximum Gasteiger partial charge on any atom is 0.191 e. The van der Waals surface area contributed by atoms with Crippen molar-refractivity contribution in [2.75, 3.05) is 38.3 Å². The van der Waals surface area contributed by atoms with Gasteiger partial charge in [0, 0.05) is 29.4 Å². The molecule has 0 aliphatic heterocycles. The maximum atomic E-state index is 11.0. The fourth-order valence-electron chi connectivity index (χ4n) is 1.71. The van der Waals surface area contributed by atoms with E-state index >= 15 is 0 Å². The van der Waals surface area contributed by atoms with Crippen molar-refractivity contribution in [3.63, 3.8) is 0 Å². The van der Waals surface area contributed by atoms with Gasteiger partial charge in [-0.05, 0) is 24.6 Å². The minimum absolute atomic E-state index is 0.0240. The molecule has 9 heteroatoms. The zero-order chi connectivity index (χ0) is 18.0. The van der Waals surface area contributed by atoms with E-state index in [4.69, 9.17) is 27.9 Å². The van der Waals surface area contributed by atoms with Gasteiger partial charge in [-0.25, -0.2) is 13.4 Å². The van der Waals surface area contributed by atoms with Gasteiger partial charge in [0.05, 0.1) is 25.5 Å². The van der Waals surface area contributed by atoms with Crippen molar-refractivity contribution in [1.29, 1.82) is 0 Å². The predicted molar refractivity (Wildman–Crippen MR) is 99.8 cm³/mol. The van der Waals surface area contributed by atoms with Gasteiger partial charge >= 0.3 is 0 Å². The summed E-state index contributed by atoms with van der Waals surface area (Å²) in [7, 11) is -2.99. The quantitative estimate of drug-likeness (QED) is 0.380. The number of nitrogens with one attached hydrogen (secondary N) is 2. The first-order chi connectivity index (χ1) is 11.3. The second-order valence-electron chi connectivity index (χ2n) is 5.10. The summed E-state index contributed by atoms with van der Waals surface area (Å²) >= 11 is 12.0. The topological polar surface area (TPSA) is 79.8 Å². The number of aliphatic imine (C=N–C) groups is 1. The van der Waals surface area contributed by atoms with Crippen LogP contribution < -0.4 is 10.6 Å². The molecule has 1 aromatic rings. The van der Waals surface area contributed by atoms with E-state index in [0.717, 1.165) is 12.1 Å². The number of halogens is 2. The molecule has 0 atom stereocenters. The molecule has 0 bridgehead atoms. The number of nitrogens with zero attached hydrogens (tertiary/aromatic N) is 1. The summed E-state index contributed by atoms with van der Waals surface area (Å²) in [4.78, 5) is 4.45. The molecule has 0 saturated carbocycles. The zero-order valence-corrected chi connectivity index (χ0v) is 16.1. The molecule has 0 aliphatic rings. The lowest BCUT2D eigenvalue weighted by Gasteiger charge is -2.12. The first-order valence-corrected chi connectivity index (χ1v) is 10.3. The van der Waals surface area contributed by atoms with E-state index < -0.39 is 9.84 Å². The summed E-state index contributed by atoms with van der Waals surface area (Å²) < 4.78 is 27.2. The smallest absolute Gasteiger partial charge is 0.191 e. The third kappa shape index (κ3) is 9.32. The van der Waals surface area contributed by atoms with Crippen LogP contribution in [-0.2, 0) is 21.1 Å². The van der Waals surface area contributed by atoms with Gasteiger partial charge in [0.15, 0.2) is 5.96 Å². The Hall–Kier alpha value is -1.02. The van der Waals surface area contributed by atoms with Crippen molar-refractivity contribution in [3.8, 4) is 0 Å². The van der Waals surface area contributed by atoms with E-state index in [2.05, 4.69) is 15.6 Å². The Morgan fingerprint density at radius 1 is 1.25 bits per heavy atom. The Kier molecular flexibility index (Phi) is 9.43. The molecule has 0 aliphatic carbocycles. The van der Waals surface area contributed by atoms with E-state index in [9.17, 15) is 8.42 Å². The summed E-state index contributed by atoms with van der Waals surface area (Å²) in [5.74, 6) is 0.659. The van der Waals surface area contributed by atoms with Crippen LogP contribution >= 0.6 is 23.2 Å². The normalized spacial score (nSPS) is 12.2. The molecule has 0 saturated heterocycles. The lowest BCUT2D eigenvalue weighted by molar-refractivity contribution is 0.154. The highest BCUT2D eigenvalue weighted by atomic mass is 35.5. The van der Waals surface area contributed by atoms with Crippen molar-refractivity contribution >= 4 is 39.0 Å². The summed E-state index contributed by atoms with van der Waals surface area (Å²) in [5.41, 5.74) is 0.877. The minimum atomic E-state index is -2.99. The highest BCUT2D eigenvalue weighted by molar-refractivity contribution is 7.90. The second-order valence-corrected chi connectivity index (χ2v) is 8.20. The van der Waals surface area contributed by atoms with Crippen LogP contribution in [0.1, 0.15) is 12.5 Å². The van der Waals surface area contributed by atoms with E-state index in [0.29, 0.717) is 35.7 Å². The maximum absolute atomic E-state index is 11.0. The van der Waals surface area contributed by atoms with Crippen LogP contribution in [0.5, 0.6) is 0 Å². The van der Waals surface area contributed by atoms with Gasteiger partial charge in [-0.3, -0.25) is 0 Å². The van der Waals surface area contributed by atoms with E-state index in [1.165, 1.54) is 6.26 Å². The molecule has 0 amide bonds. The van der Waals surface area contributed by atoms with Gasteiger partial charge in [0.1, 0.15) is 9.84 Å². The summed E-state index contributed by atoms with van der Waals surface area (Å²) in [5, 5.41) is 7.39. The number of sulfone groups is 1. The van der Waals surface area contributed by atoms with Crippen molar-refractivity contribution in [3.05, 3.63) is 33.8 Å². The molecule has 0 aromatic heterocycles. The highest BCUT2D eigenvalue weighted by Gasteiger charge is 2.03. The highest BCUT2D eigenvalue weighted by Crippen LogP contribution is 2.21. The lowest BCUT2D eigenvalue weighted by atomic mass is 10.2. The van der Waals surface area contributed by atoms with Gasteiger partial charge in [-0.15, -0.1) is 0 Å². The van der Waals surface area contributed by atoms with Gasteiger partial charge in [0.2, 0.25) is 0 Å². The SMILES string of the molecule is CCNC(=NCc1ccc(Cl)cc1Cl)NCCOCCS(C)(=O)=O. The molecule has 0 unspecified atom stereocenters. The Balaban J connectivity index is 2.42. The Labute approximate surface area is 153 Å². The Bertz CT molecular complexity index is 651. The molecule has 0 fully saturated rings. The number of rotatable bonds is 9. The van der Waals surface area contributed by atoms with Crippen LogP contribution in [0.3, 0.4) is 0 Å². The summed E-state index contributed by atoms with van der Waals surface area (Å²) in [6.07, 6.45) is 1.19.